The normalized spacial score (nSPS) is 17.2. The smallest absolute Gasteiger partial charge is 0.256 e. The van der Waals surface area contributed by atoms with Crippen LogP contribution in [0.1, 0.15) is 16.7 Å². The van der Waals surface area contributed by atoms with E-state index in [0.29, 0.717) is 16.8 Å². The van der Waals surface area contributed by atoms with Crippen LogP contribution in [0.3, 0.4) is 0 Å². The Morgan fingerprint density at radius 3 is 2.39 bits per heavy atom. The molecule has 33 heavy (non-hydrogen) atoms. The van der Waals surface area contributed by atoms with Crippen LogP contribution in [-0.4, -0.2) is 40.6 Å². The van der Waals surface area contributed by atoms with Gasteiger partial charge in [0.1, 0.15) is 0 Å². The van der Waals surface area contributed by atoms with Crippen molar-refractivity contribution in [3.63, 3.8) is 0 Å². The van der Waals surface area contributed by atoms with Crippen molar-refractivity contribution in [2.45, 2.75) is 10.6 Å². The Bertz CT molecular complexity index is 1310. The van der Waals surface area contributed by atoms with E-state index in [2.05, 4.69) is 10.2 Å². The number of anilines is 2. The summed E-state index contributed by atoms with van der Waals surface area (Å²) in [5.74, 6) is -0.323. The number of hydrogen-bond acceptors (Lipinski definition) is 5. The Kier molecular flexibility index (Phi) is 5.74. The molecule has 0 spiro atoms. The van der Waals surface area contributed by atoms with E-state index >= 15 is 0 Å². The molecule has 3 aromatic carbocycles. The molecule has 0 atom stereocenters. The van der Waals surface area contributed by atoms with Crippen LogP contribution < -0.4 is 10.2 Å². The zero-order chi connectivity index (χ0) is 22.8. The van der Waals surface area contributed by atoms with Gasteiger partial charge < -0.3 is 15.0 Å². The minimum atomic E-state index is -3.55. The summed E-state index contributed by atoms with van der Waals surface area (Å²) < 4.78 is 31.4. The van der Waals surface area contributed by atoms with Crippen LogP contribution >= 0.6 is 0 Å². The lowest BCUT2D eigenvalue weighted by Gasteiger charge is -2.28. The van der Waals surface area contributed by atoms with Crippen molar-refractivity contribution in [3.8, 4) is 0 Å². The maximum atomic E-state index is 13.0. The molecule has 0 saturated carbocycles. The van der Waals surface area contributed by atoms with Gasteiger partial charge in [0.25, 0.3) is 5.91 Å². The number of fused-ring (bicyclic) bond motifs is 1. The van der Waals surface area contributed by atoms with Crippen LogP contribution in [-0.2, 0) is 25.1 Å². The summed E-state index contributed by atoms with van der Waals surface area (Å²) in [4.78, 5) is 15.1. The van der Waals surface area contributed by atoms with E-state index in [1.165, 1.54) is 0 Å². The third kappa shape index (κ3) is 4.55. The Labute approximate surface area is 193 Å². The van der Waals surface area contributed by atoms with E-state index in [1.54, 1.807) is 36.4 Å². The molecule has 0 aromatic heterocycles. The SMILES string of the molecule is O=C1Nc2ccc(S(=O)(=O)Cc3ccccc3)cc2C1=Cc1ccc(N2CCOCC2)cc1. The highest BCUT2D eigenvalue weighted by molar-refractivity contribution is 7.90. The Morgan fingerprint density at radius 1 is 0.939 bits per heavy atom. The number of carbonyl (C=O) groups is 1. The molecule has 1 amide bonds. The molecule has 2 aliphatic rings. The van der Waals surface area contributed by atoms with Gasteiger partial charge in [0.05, 0.1) is 23.9 Å². The van der Waals surface area contributed by atoms with Gasteiger partial charge in [-0.15, -0.1) is 0 Å². The first-order valence-electron chi connectivity index (χ1n) is 10.9. The van der Waals surface area contributed by atoms with Crippen molar-refractivity contribution in [1.29, 1.82) is 0 Å². The standard InChI is InChI=1S/C26H24N2O4S/c29-26-24(16-19-6-8-21(9-7-19)28-12-14-32-15-13-28)23-17-22(10-11-25(23)27-26)33(30,31)18-20-4-2-1-3-5-20/h1-11,16-17H,12-15,18H2,(H,27,29). The van der Waals surface area contributed by atoms with Crippen LogP contribution in [0.4, 0.5) is 11.4 Å². The molecule has 1 fully saturated rings. The van der Waals surface area contributed by atoms with E-state index in [0.717, 1.165) is 43.1 Å². The van der Waals surface area contributed by atoms with Gasteiger partial charge in [-0.05, 0) is 47.5 Å². The summed E-state index contributed by atoms with van der Waals surface area (Å²) in [6.45, 7) is 3.16. The first-order valence-corrected chi connectivity index (χ1v) is 12.5. The van der Waals surface area contributed by atoms with Crippen LogP contribution in [0.15, 0.2) is 77.7 Å². The maximum absolute atomic E-state index is 13.0. The average molecular weight is 461 g/mol. The molecule has 168 valence electrons. The fraction of sp³-hybridized carbons (Fsp3) is 0.192. The molecule has 7 heteroatoms. The molecule has 0 unspecified atom stereocenters. The molecule has 1 N–H and O–H groups in total. The molecular formula is C26H24N2O4S. The van der Waals surface area contributed by atoms with Crippen molar-refractivity contribution >= 4 is 38.8 Å². The summed E-state index contributed by atoms with van der Waals surface area (Å²) in [5, 5.41) is 2.84. The Hall–Kier alpha value is -3.42. The fourth-order valence-corrected chi connectivity index (χ4v) is 5.52. The van der Waals surface area contributed by atoms with Crippen LogP contribution in [0.25, 0.3) is 11.6 Å². The van der Waals surface area contributed by atoms with Crippen molar-refractivity contribution in [2.24, 2.45) is 0 Å². The van der Waals surface area contributed by atoms with Crippen molar-refractivity contribution in [2.75, 3.05) is 36.5 Å². The fourth-order valence-electron chi connectivity index (χ4n) is 4.15. The summed E-state index contributed by atoms with van der Waals surface area (Å²) in [6, 6.07) is 21.9. The van der Waals surface area contributed by atoms with Gasteiger partial charge in [0.2, 0.25) is 0 Å². The second-order valence-corrected chi connectivity index (χ2v) is 10.1. The number of ether oxygens (including phenoxy) is 1. The third-order valence-corrected chi connectivity index (χ3v) is 7.60. The van der Waals surface area contributed by atoms with E-state index < -0.39 is 9.84 Å². The average Bonchev–Trinajstić information content (AvgIpc) is 3.15. The molecule has 0 aliphatic carbocycles. The van der Waals surface area contributed by atoms with Gasteiger partial charge in [0.15, 0.2) is 9.84 Å². The second kappa shape index (κ2) is 8.84. The predicted octanol–water partition coefficient (Wildman–Crippen LogP) is 3.99. The molecule has 0 radical (unpaired) electrons. The number of carbonyl (C=O) groups excluding carboxylic acids is 1. The molecular weight excluding hydrogens is 436 g/mol. The summed E-state index contributed by atoms with van der Waals surface area (Å²) >= 11 is 0. The summed E-state index contributed by atoms with van der Waals surface area (Å²) in [5.41, 5.74) is 4.40. The number of sulfone groups is 1. The van der Waals surface area contributed by atoms with Gasteiger partial charge >= 0.3 is 0 Å². The van der Waals surface area contributed by atoms with Gasteiger partial charge in [0, 0.05) is 35.6 Å². The molecule has 6 nitrogen and oxygen atoms in total. The lowest BCUT2D eigenvalue weighted by atomic mass is 10.0. The lowest BCUT2D eigenvalue weighted by Crippen LogP contribution is -2.36. The molecule has 1 saturated heterocycles. The number of amides is 1. The van der Waals surface area contributed by atoms with Crippen LogP contribution in [0.5, 0.6) is 0 Å². The van der Waals surface area contributed by atoms with E-state index in [4.69, 9.17) is 4.74 Å². The molecule has 3 aromatic rings. The number of benzene rings is 3. The molecule has 2 aliphatic heterocycles. The first kappa shape index (κ1) is 21.4. The minimum Gasteiger partial charge on any atom is -0.378 e. The number of nitrogens with one attached hydrogen (secondary N) is 1. The van der Waals surface area contributed by atoms with Gasteiger partial charge in [-0.1, -0.05) is 42.5 Å². The van der Waals surface area contributed by atoms with Gasteiger partial charge in [-0.3, -0.25) is 4.79 Å². The van der Waals surface area contributed by atoms with E-state index in [1.807, 2.05) is 42.5 Å². The topological polar surface area (TPSA) is 75.7 Å². The van der Waals surface area contributed by atoms with Crippen LogP contribution in [0.2, 0.25) is 0 Å². The van der Waals surface area contributed by atoms with Gasteiger partial charge in [-0.25, -0.2) is 8.42 Å². The van der Waals surface area contributed by atoms with Crippen molar-refractivity contribution in [1.82, 2.24) is 0 Å². The summed E-state index contributed by atoms with van der Waals surface area (Å²) in [7, 11) is -3.55. The Balaban J connectivity index is 1.43. The minimum absolute atomic E-state index is 0.0873. The quantitative estimate of drug-likeness (QED) is 0.583. The number of hydrogen-bond donors (Lipinski definition) is 1. The number of rotatable bonds is 5. The number of morpholine rings is 1. The van der Waals surface area contributed by atoms with Crippen molar-refractivity contribution in [3.05, 3.63) is 89.5 Å². The van der Waals surface area contributed by atoms with Gasteiger partial charge in [-0.2, -0.15) is 0 Å². The molecule has 0 bridgehead atoms. The zero-order valence-electron chi connectivity index (χ0n) is 18.0. The number of nitrogens with zero attached hydrogens (tertiary/aromatic N) is 1. The highest BCUT2D eigenvalue weighted by Gasteiger charge is 2.27. The zero-order valence-corrected chi connectivity index (χ0v) is 18.8. The summed E-state index contributed by atoms with van der Waals surface area (Å²) in [6.07, 6.45) is 1.80. The predicted molar refractivity (Wildman–Crippen MR) is 130 cm³/mol. The first-order chi connectivity index (χ1) is 16.0. The van der Waals surface area contributed by atoms with E-state index in [9.17, 15) is 13.2 Å². The van der Waals surface area contributed by atoms with Crippen molar-refractivity contribution < 1.29 is 17.9 Å². The lowest BCUT2D eigenvalue weighted by molar-refractivity contribution is -0.110. The second-order valence-electron chi connectivity index (χ2n) is 8.16. The highest BCUT2D eigenvalue weighted by Crippen LogP contribution is 2.35. The van der Waals surface area contributed by atoms with E-state index in [-0.39, 0.29) is 16.6 Å². The molecule has 5 rings (SSSR count). The third-order valence-electron chi connectivity index (χ3n) is 5.91. The Morgan fingerprint density at radius 2 is 1.67 bits per heavy atom. The monoisotopic (exact) mass is 460 g/mol. The van der Waals surface area contributed by atoms with Crippen LogP contribution in [0, 0.1) is 0 Å². The maximum Gasteiger partial charge on any atom is 0.256 e. The molecule has 2 heterocycles. The highest BCUT2D eigenvalue weighted by atomic mass is 32.2. The largest absolute Gasteiger partial charge is 0.378 e.